The van der Waals surface area contributed by atoms with Gasteiger partial charge in [0.05, 0.1) is 18.7 Å². The molecule has 2 aromatic rings. The molecule has 0 aliphatic carbocycles. The number of halogens is 3. The number of anilines is 1. The van der Waals surface area contributed by atoms with Crippen LogP contribution in [0.1, 0.15) is 31.7 Å². The molecule has 7 nitrogen and oxygen atoms in total. The van der Waals surface area contributed by atoms with Crippen LogP contribution in [-0.4, -0.2) is 39.5 Å². The standard InChI is InChI=1S/C19H22F3N3O4/c1-4-28-15-8-12-7-11(2)29-14(12)9-13(15)24-16(26)10-18(27,19(20,21)22)17-23-5-6-25(17)3/h5-6,8-9,11,27H,4,7,10H2,1-3H3,(H,24,26). The van der Waals surface area contributed by atoms with Crippen molar-refractivity contribution in [1.82, 2.24) is 9.55 Å². The summed E-state index contributed by atoms with van der Waals surface area (Å²) in [5.41, 5.74) is -2.38. The first-order valence-corrected chi connectivity index (χ1v) is 9.08. The van der Waals surface area contributed by atoms with Crippen LogP contribution in [0, 0.1) is 0 Å². The highest BCUT2D eigenvalue weighted by atomic mass is 19.4. The third kappa shape index (κ3) is 4.02. The van der Waals surface area contributed by atoms with Crippen LogP contribution in [0.25, 0.3) is 0 Å². The first-order valence-electron chi connectivity index (χ1n) is 9.08. The maximum Gasteiger partial charge on any atom is 0.425 e. The molecule has 0 fully saturated rings. The minimum absolute atomic E-state index is 0.0517. The molecule has 3 rings (SSSR count). The van der Waals surface area contributed by atoms with Crippen molar-refractivity contribution in [2.45, 2.75) is 44.6 Å². The number of rotatable bonds is 6. The van der Waals surface area contributed by atoms with Gasteiger partial charge in [-0.05, 0) is 19.9 Å². The summed E-state index contributed by atoms with van der Waals surface area (Å²) in [6.45, 7) is 3.94. The van der Waals surface area contributed by atoms with E-state index in [0.717, 1.165) is 16.3 Å². The van der Waals surface area contributed by atoms with Crippen LogP contribution in [0.15, 0.2) is 24.5 Å². The number of amides is 1. The molecule has 1 aromatic carbocycles. The zero-order valence-electron chi connectivity index (χ0n) is 16.2. The molecular formula is C19H22F3N3O4. The summed E-state index contributed by atoms with van der Waals surface area (Å²) in [5, 5.41) is 12.8. The van der Waals surface area contributed by atoms with Crippen molar-refractivity contribution in [2.75, 3.05) is 11.9 Å². The third-order valence-electron chi connectivity index (χ3n) is 4.65. The van der Waals surface area contributed by atoms with Crippen molar-refractivity contribution < 1.29 is 32.5 Å². The molecule has 0 bridgehead atoms. The number of nitrogens with zero attached hydrogens (tertiary/aromatic N) is 2. The van der Waals surface area contributed by atoms with E-state index in [1.165, 1.54) is 19.3 Å². The molecule has 29 heavy (non-hydrogen) atoms. The average Bonchev–Trinajstić information content (AvgIpc) is 3.18. The van der Waals surface area contributed by atoms with Gasteiger partial charge in [0.1, 0.15) is 17.6 Å². The molecule has 2 atom stereocenters. The lowest BCUT2D eigenvalue weighted by Crippen LogP contribution is -2.46. The summed E-state index contributed by atoms with van der Waals surface area (Å²) in [6.07, 6.45) is -3.38. The fraction of sp³-hybridized carbons (Fsp3) is 0.474. The second-order valence-electron chi connectivity index (χ2n) is 6.97. The van der Waals surface area contributed by atoms with Gasteiger partial charge in [-0.2, -0.15) is 13.2 Å². The molecule has 0 saturated carbocycles. The van der Waals surface area contributed by atoms with E-state index >= 15 is 0 Å². The summed E-state index contributed by atoms with van der Waals surface area (Å²) in [6, 6.07) is 3.22. The molecule has 1 amide bonds. The normalized spacial score (nSPS) is 18.0. The van der Waals surface area contributed by atoms with Gasteiger partial charge in [0.2, 0.25) is 11.5 Å². The highest BCUT2D eigenvalue weighted by molar-refractivity contribution is 5.93. The summed E-state index contributed by atoms with van der Waals surface area (Å²) >= 11 is 0. The first kappa shape index (κ1) is 21.0. The number of aromatic nitrogens is 2. The van der Waals surface area contributed by atoms with E-state index in [-0.39, 0.29) is 11.8 Å². The maximum atomic E-state index is 13.6. The second kappa shape index (κ2) is 7.58. The van der Waals surface area contributed by atoms with Crippen molar-refractivity contribution in [3.8, 4) is 11.5 Å². The van der Waals surface area contributed by atoms with Crippen LogP contribution in [0.4, 0.5) is 18.9 Å². The molecule has 158 valence electrons. The minimum Gasteiger partial charge on any atom is -0.492 e. The van der Waals surface area contributed by atoms with E-state index < -0.39 is 29.9 Å². The van der Waals surface area contributed by atoms with Gasteiger partial charge in [0, 0.05) is 37.5 Å². The molecule has 2 N–H and O–H groups in total. The third-order valence-corrected chi connectivity index (χ3v) is 4.65. The molecule has 0 saturated heterocycles. The SMILES string of the molecule is CCOc1cc2c(cc1NC(=O)CC(O)(c1nccn1C)C(F)(F)F)OC(C)C2. The number of imidazole rings is 1. The van der Waals surface area contributed by atoms with Crippen LogP contribution in [-0.2, 0) is 23.9 Å². The Kier molecular flexibility index (Phi) is 5.48. The number of carbonyl (C=O) groups excluding carboxylic acids is 1. The maximum absolute atomic E-state index is 13.6. The van der Waals surface area contributed by atoms with Crippen LogP contribution in [0.5, 0.6) is 11.5 Å². The van der Waals surface area contributed by atoms with Crippen molar-refractivity contribution >= 4 is 11.6 Å². The Labute approximate surface area is 165 Å². The number of aliphatic hydroxyl groups is 1. The number of fused-ring (bicyclic) bond motifs is 1. The zero-order valence-corrected chi connectivity index (χ0v) is 16.2. The van der Waals surface area contributed by atoms with Crippen molar-refractivity contribution in [1.29, 1.82) is 0 Å². The van der Waals surface area contributed by atoms with E-state index in [1.807, 2.05) is 6.92 Å². The minimum atomic E-state index is -5.11. The van der Waals surface area contributed by atoms with E-state index in [0.29, 0.717) is 24.5 Å². The predicted octanol–water partition coefficient (Wildman–Crippen LogP) is 2.92. The van der Waals surface area contributed by atoms with Gasteiger partial charge in [-0.1, -0.05) is 0 Å². The number of carbonyl (C=O) groups is 1. The van der Waals surface area contributed by atoms with E-state index in [4.69, 9.17) is 9.47 Å². The predicted molar refractivity (Wildman–Crippen MR) is 97.8 cm³/mol. The molecule has 1 aromatic heterocycles. The summed E-state index contributed by atoms with van der Waals surface area (Å²) < 4.78 is 53.1. The number of benzene rings is 1. The second-order valence-corrected chi connectivity index (χ2v) is 6.97. The number of nitrogens with one attached hydrogen (secondary N) is 1. The molecule has 2 unspecified atom stereocenters. The molecule has 10 heteroatoms. The number of hydrogen-bond acceptors (Lipinski definition) is 5. The van der Waals surface area contributed by atoms with E-state index in [9.17, 15) is 23.1 Å². The summed E-state index contributed by atoms with van der Waals surface area (Å²) in [7, 11) is 1.31. The number of ether oxygens (including phenoxy) is 2. The highest BCUT2D eigenvalue weighted by Crippen LogP contribution is 2.42. The molecular weight excluding hydrogens is 391 g/mol. The van der Waals surface area contributed by atoms with Crippen molar-refractivity contribution in [3.63, 3.8) is 0 Å². The monoisotopic (exact) mass is 413 g/mol. The van der Waals surface area contributed by atoms with Crippen LogP contribution in [0.3, 0.4) is 0 Å². The van der Waals surface area contributed by atoms with Crippen molar-refractivity contribution in [3.05, 3.63) is 35.9 Å². The van der Waals surface area contributed by atoms with Gasteiger partial charge in [-0.3, -0.25) is 4.79 Å². The molecule has 0 spiro atoms. The molecule has 1 aliphatic heterocycles. The Hall–Kier alpha value is -2.75. The van der Waals surface area contributed by atoms with Gasteiger partial charge >= 0.3 is 6.18 Å². The highest BCUT2D eigenvalue weighted by Gasteiger charge is 2.58. The van der Waals surface area contributed by atoms with E-state index in [2.05, 4.69) is 10.3 Å². The van der Waals surface area contributed by atoms with Gasteiger partial charge in [0.25, 0.3) is 0 Å². The first-order chi connectivity index (χ1) is 13.5. The number of alkyl halides is 3. The Bertz CT molecular complexity index is 913. The number of hydrogen-bond donors (Lipinski definition) is 2. The lowest BCUT2D eigenvalue weighted by atomic mass is 9.97. The summed E-state index contributed by atoms with van der Waals surface area (Å²) in [4.78, 5) is 16.1. The molecule has 2 heterocycles. The fourth-order valence-electron chi connectivity index (χ4n) is 3.31. The molecule has 1 aliphatic rings. The smallest absolute Gasteiger partial charge is 0.425 e. The largest absolute Gasteiger partial charge is 0.492 e. The summed E-state index contributed by atoms with van der Waals surface area (Å²) in [5.74, 6) is -0.854. The Morgan fingerprint density at radius 3 is 2.76 bits per heavy atom. The van der Waals surface area contributed by atoms with Crippen molar-refractivity contribution in [2.24, 2.45) is 7.05 Å². The Morgan fingerprint density at radius 2 is 2.17 bits per heavy atom. The fourth-order valence-corrected chi connectivity index (χ4v) is 3.31. The Balaban J connectivity index is 1.88. The Morgan fingerprint density at radius 1 is 1.45 bits per heavy atom. The van der Waals surface area contributed by atoms with Crippen LogP contribution in [0.2, 0.25) is 0 Å². The lowest BCUT2D eigenvalue weighted by molar-refractivity contribution is -0.270. The lowest BCUT2D eigenvalue weighted by Gasteiger charge is -2.29. The topological polar surface area (TPSA) is 85.6 Å². The zero-order chi connectivity index (χ0) is 21.4. The number of aryl methyl sites for hydroxylation is 1. The van der Waals surface area contributed by atoms with Gasteiger partial charge < -0.3 is 24.5 Å². The van der Waals surface area contributed by atoms with Gasteiger partial charge in [-0.25, -0.2) is 4.98 Å². The molecule has 0 radical (unpaired) electrons. The van der Waals surface area contributed by atoms with Gasteiger partial charge in [-0.15, -0.1) is 0 Å². The van der Waals surface area contributed by atoms with E-state index in [1.54, 1.807) is 13.0 Å². The van der Waals surface area contributed by atoms with Gasteiger partial charge in [0.15, 0.2) is 5.82 Å². The van der Waals surface area contributed by atoms with Crippen LogP contribution < -0.4 is 14.8 Å². The quantitative estimate of drug-likeness (QED) is 0.761. The van der Waals surface area contributed by atoms with Crippen LogP contribution >= 0.6 is 0 Å². The average molecular weight is 413 g/mol.